The van der Waals surface area contributed by atoms with Crippen molar-refractivity contribution in [3.05, 3.63) is 12.1 Å². The highest BCUT2D eigenvalue weighted by molar-refractivity contribution is 7.92. The van der Waals surface area contributed by atoms with Crippen LogP contribution in [0.2, 0.25) is 0 Å². The number of rotatable bonds is 8. The van der Waals surface area contributed by atoms with Crippen LogP contribution in [0.1, 0.15) is 12.8 Å². The van der Waals surface area contributed by atoms with Gasteiger partial charge >= 0.3 is 0 Å². The summed E-state index contributed by atoms with van der Waals surface area (Å²) in [6.07, 6.45) is 1.63. The number of H-pyrrole nitrogens is 1. The minimum atomic E-state index is -4.49. The van der Waals surface area contributed by atoms with Crippen molar-refractivity contribution < 1.29 is 16.8 Å². The minimum absolute atomic E-state index is 0.00400. The van der Waals surface area contributed by atoms with Crippen LogP contribution in [0.4, 0.5) is 5.69 Å². The SMILES string of the molecule is NCCNS(=O)(=O)c1ccc(N2CCC(CN)CC2)c(-c2nnn[nH]2)c1S(N)(=O)=O. The molecule has 2 heterocycles. The predicted molar refractivity (Wildman–Crippen MR) is 109 cm³/mol. The van der Waals surface area contributed by atoms with E-state index in [2.05, 4.69) is 25.3 Å². The molecule has 2 aromatic rings. The maximum Gasteiger partial charge on any atom is 0.241 e. The molecule has 8 N–H and O–H groups in total. The highest BCUT2D eigenvalue weighted by Crippen LogP contribution is 2.39. The van der Waals surface area contributed by atoms with Crippen LogP contribution >= 0.6 is 0 Å². The molecule has 1 aromatic carbocycles. The Kier molecular flexibility index (Phi) is 6.68. The van der Waals surface area contributed by atoms with Gasteiger partial charge < -0.3 is 16.4 Å². The topological polar surface area (TPSA) is 216 Å². The van der Waals surface area contributed by atoms with E-state index < -0.39 is 29.8 Å². The molecule has 1 saturated heterocycles. The van der Waals surface area contributed by atoms with Crippen LogP contribution in [-0.2, 0) is 20.0 Å². The van der Waals surface area contributed by atoms with Crippen molar-refractivity contribution in [3.8, 4) is 11.4 Å². The van der Waals surface area contributed by atoms with Crippen LogP contribution in [-0.4, -0.2) is 70.2 Å². The third-order valence-electron chi connectivity index (χ3n) is 4.98. The molecular formula is C15H25N9O4S2. The molecule has 0 radical (unpaired) electrons. The molecule has 0 atom stereocenters. The Labute approximate surface area is 174 Å². The Morgan fingerprint density at radius 1 is 1.17 bits per heavy atom. The molecule has 1 aliphatic rings. The van der Waals surface area contributed by atoms with E-state index >= 15 is 0 Å². The number of nitrogens with two attached hydrogens (primary N) is 3. The quantitative estimate of drug-likeness (QED) is 0.290. The van der Waals surface area contributed by atoms with Crippen molar-refractivity contribution >= 4 is 25.7 Å². The second kappa shape index (κ2) is 8.91. The molecule has 0 unspecified atom stereocenters. The van der Waals surface area contributed by atoms with Gasteiger partial charge in [0.25, 0.3) is 0 Å². The number of sulfonamides is 2. The third-order valence-corrected chi connectivity index (χ3v) is 7.61. The van der Waals surface area contributed by atoms with Crippen LogP contribution in [0.3, 0.4) is 0 Å². The summed E-state index contributed by atoms with van der Waals surface area (Å²) in [4.78, 5) is 0.872. The van der Waals surface area contributed by atoms with Crippen molar-refractivity contribution in [2.45, 2.75) is 22.6 Å². The summed E-state index contributed by atoms with van der Waals surface area (Å²) in [6.45, 7) is 1.76. The second-order valence-electron chi connectivity index (χ2n) is 6.93. The molecule has 1 aromatic heterocycles. The maximum absolute atomic E-state index is 12.8. The van der Waals surface area contributed by atoms with Crippen molar-refractivity contribution in [2.75, 3.05) is 37.6 Å². The molecule has 30 heavy (non-hydrogen) atoms. The summed E-state index contributed by atoms with van der Waals surface area (Å²) in [5.41, 5.74) is 11.6. The van der Waals surface area contributed by atoms with E-state index in [0.29, 0.717) is 31.2 Å². The zero-order valence-corrected chi connectivity index (χ0v) is 17.8. The first-order valence-corrected chi connectivity index (χ1v) is 12.3. The van der Waals surface area contributed by atoms with Gasteiger partial charge in [-0.1, -0.05) is 0 Å². The molecule has 0 amide bonds. The first-order valence-electron chi connectivity index (χ1n) is 9.27. The predicted octanol–water partition coefficient (Wildman–Crippen LogP) is -2.07. The maximum atomic E-state index is 12.8. The second-order valence-corrected chi connectivity index (χ2v) is 10.2. The fourth-order valence-electron chi connectivity index (χ4n) is 3.49. The van der Waals surface area contributed by atoms with Crippen molar-refractivity contribution in [3.63, 3.8) is 0 Å². The first kappa shape index (κ1) is 22.5. The molecule has 1 fully saturated rings. The zero-order valence-electron chi connectivity index (χ0n) is 16.2. The third kappa shape index (κ3) is 4.60. The van der Waals surface area contributed by atoms with Gasteiger partial charge in [0, 0.05) is 31.9 Å². The number of hydrogen-bond acceptors (Lipinski definition) is 10. The lowest BCUT2D eigenvalue weighted by atomic mass is 9.96. The molecule has 13 nitrogen and oxygen atoms in total. The van der Waals surface area contributed by atoms with Crippen LogP contribution in [0.15, 0.2) is 21.9 Å². The van der Waals surface area contributed by atoms with Gasteiger partial charge in [0.1, 0.15) is 9.79 Å². The minimum Gasteiger partial charge on any atom is -0.371 e. The van der Waals surface area contributed by atoms with Crippen molar-refractivity contribution in [1.82, 2.24) is 25.3 Å². The number of aromatic amines is 1. The fourth-order valence-corrected chi connectivity index (χ4v) is 6.13. The molecular weight excluding hydrogens is 434 g/mol. The van der Waals surface area contributed by atoms with E-state index in [1.54, 1.807) is 0 Å². The monoisotopic (exact) mass is 459 g/mol. The van der Waals surface area contributed by atoms with E-state index in [0.717, 1.165) is 12.8 Å². The van der Waals surface area contributed by atoms with Crippen molar-refractivity contribution in [1.29, 1.82) is 0 Å². The Bertz CT molecular complexity index is 1080. The Morgan fingerprint density at radius 2 is 1.87 bits per heavy atom. The number of tetrazole rings is 1. The van der Waals surface area contributed by atoms with Crippen LogP contribution in [0.5, 0.6) is 0 Å². The van der Waals surface area contributed by atoms with E-state index in [4.69, 9.17) is 16.6 Å². The summed E-state index contributed by atoms with van der Waals surface area (Å²) < 4.78 is 52.9. The van der Waals surface area contributed by atoms with Crippen LogP contribution in [0.25, 0.3) is 11.4 Å². The summed E-state index contributed by atoms with van der Waals surface area (Å²) in [7, 11) is -8.70. The summed E-state index contributed by atoms with van der Waals surface area (Å²) in [5.74, 6) is 0.361. The first-order chi connectivity index (χ1) is 14.2. The summed E-state index contributed by atoms with van der Waals surface area (Å²) >= 11 is 0. The highest BCUT2D eigenvalue weighted by Gasteiger charge is 2.33. The van der Waals surface area contributed by atoms with Gasteiger partial charge in [-0.25, -0.2) is 31.8 Å². The Morgan fingerprint density at radius 3 is 2.40 bits per heavy atom. The van der Waals surface area contributed by atoms with Gasteiger partial charge in [-0.3, -0.25) is 0 Å². The largest absolute Gasteiger partial charge is 0.371 e. The molecule has 0 spiro atoms. The average Bonchev–Trinajstić information content (AvgIpc) is 3.25. The van der Waals surface area contributed by atoms with Gasteiger partial charge in [-0.15, -0.1) is 5.10 Å². The van der Waals surface area contributed by atoms with Gasteiger partial charge in [-0.05, 0) is 47.9 Å². The average molecular weight is 460 g/mol. The van der Waals surface area contributed by atoms with E-state index in [1.165, 1.54) is 12.1 Å². The molecule has 0 bridgehead atoms. The van der Waals surface area contributed by atoms with Crippen LogP contribution < -0.4 is 26.2 Å². The van der Waals surface area contributed by atoms with E-state index in [1.807, 2.05) is 4.90 Å². The lowest BCUT2D eigenvalue weighted by Gasteiger charge is -2.34. The lowest BCUT2D eigenvalue weighted by molar-refractivity contribution is 0.414. The van der Waals surface area contributed by atoms with Crippen LogP contribution in [0, 0.1) is 5.92 Å². The zero-order chi connectivity index (χ0) is 21.9. The normalized spacial score (nSPS) is 16.2. The fraction of sp³-hybridized carbons (Fsp3) is 0.533. The molecule has 1 aliphatic heterocycles. The number of hydrogen-bond donors (Lipinski definition) is 5. The van der Waals surface area contributed by atoms with Gasteiger partial charge in [0.2, 0.25) is 20.0 Å². The smallest absolute Gasteiger partial charge is 0.241 e. The summed E-state index contributed by atoms with van der Waals surface area (Å²) in [5, 5.41) is 18.8. The Hall–Kier alpha value is -2.17. The van der Waals surface area contributed by atoms with E-state index in [-0.39, 0.29) is 24.5 Å². The highest BCUT2D eigenvalue weighted by atomic mass is 32.2. The number of aromatic nitrogens is 4. The molecule has 3 rings (SSSR count). The molecule has 0 saturated carbocycles. The lowest BCUT2D eigenvalue weighted by Crippen LogP contribution is -2.37. The van der Waals surface area contributed by atoms with E-state index in [9.17, 15) is 16.8 Å². The number of nitrogens with zero attached hydrogens (tertiary/aromatic N) is 4. The summed E-state index contributed by atoms with van der Waals surface area (Å²) in [6, 6.07) is 2.75. The molecule has 15 heteroatoms. The number of anilines is 1. The Balaban J connectivity index is 2.23. The standard InChI is InChI=1S/C15H25N9O4S2/c16-5-6-19-30(27,28)12-2-1-11(24-7-3-10(9-17)4-8-24)13(14(12)29(18,25)26)15-20-22-23-21-15/h1-2,10,19H,3-9,16-17H2,(H2,18,25,26)(H,20,21,22,23). The number of benzene rings is 1. The van der Waals surface area contributed by atoms with Gasteiger partial charge in [-0.2, -0.15) is 0 Å². The molecule has 0 aliphatic carbocycles. The van der Waals surface area contributed by atoms with Gasteiger partial charge in [0.05, 0.1) is 5.56 Å². The number of piperidine rings is 1. The van der Waals surface area contributed by atoms with Gasteiger partial charge in [0.15, 0.2) is 5.82 Å². The molecule has 166 valence electrons. The van der Waals surface area contributed by atoms with Crippen molar-refractivity contribution in [2.24, 2.45) is 22.5 Å². The number of primary sulfonamides is 1. The number of nitrogens with one attached hydrogen (secondary N) is 2.